The Hall–Kier alpha value is -2.95. The summed E-state index contributed by atoms with van der Waals surface area (Å²) in [5.74, 6) is -0.387. The highest BCUT2D eigenvalue weighted by Crippen LogP contribution is 2.35. The molecule has 1 N–H and O–H groups in total. The summed E-state index contributed by atoms with van der Waals surface area (Å²) < 4.78 is 5.17. The predicted octanol–water partition coefficient (Wildman–Crippen LogP) is 3.97. The molecule has 0 bridgehead atoms. The van der Waals surface area contributed by atoms with Crippen LogP contribution in [0.4, 0.5) is 0 Å². The summed E-state index contributed by atoms with van der Waals surface area (Å²) in [6.45, 7) is 8.55. The zero-order valence-corrected chi connectivity index (χ0v) is 18.1. The fourth-order valence-electron chi connectivity index (χ4n) is 4.41. The van der Waals surface area contributed by atoms with Gasteiger partial charge < -0.3 is 9.84 Å². The molecule has 1 aliphatic heterocycles. The van der Waals surface area contributed by atoms with E-state index in [1.807, 2.05) is 72.8 Å². The van der Waals surface area contributed by atoms with Gasteiger partial charge in [-0.1, -0.05) is 97.6 Å². The topological polar surface area (TPSA) is 49.8 Å². The van der Waals surface area contributed by atoms with E-state index in [9.17, 15) is 9.90 Å². The Bertz CT molecular complexity index is 907. The highest BCUT2D eigenvalue weighted by molar-refractivity contribution is 5.76. The molecule has 0 amide bonds. The number of likely N-dealkylation sites (tertiary alicyclic amines) is 1. The normalized spacial score (nSPS) is 21.2. The van der Waals surface area contributed by atoms with Crippen molar-refractivity contribution < 1.29 is 14.6 Å². The highest BCUT2D eigenvalue weighted by Gasteiger charge is 2.45. The fourth-order valence-corrected chi connectivity index (χ4v) is 4.41. The number of ether oxygens (including phenoxy) is 1. The molecule has 4 heteroatoms. The minimum Gasteiger partial charge on any atom is -0.468 e. The molecule has 4 nitrogen and oxygen atoms in total. The van der Waals surface area contributed by atoms with E-state index in [2.05, 4.69) is 18.1 Å². The molecule has 1 aliphatic rings. The van der Waals surface area contributed by atoms with Crippen LogP contribution >= 0.6 is 0 Å². The third kappa shape index (κ3) is 5.60. The van der Waals surface area contributed by atoms with Crippen molar-refractivity contribution in [3.8, 4) is 0 Å². The van der Waals surface area contributed by atoms with Crippen LogP contribution in [0.5, 0.6) is 0 Å². The predicted molar refractivity (Wildman–Crippen MR) is 125 cm³/mol. The third-order valence-corrected chi connectivity index (χ3v) is 5.89. The summed E-state index contributed by atoms with van der Waals surface area (Å²) in [4.78, 5) is 14.9. The van der Waals surface area contributed by atoms with Gasteiger partial charge in [0, 0.05) is 18.5 Å². The Kier molecular flexibility index (Phi) is 7.99. The number of carbonyl (C=O) groups excluding carboxylic acids is 1. The van der Waals surface area contributed by atoms with Crippen LogP contribution in [0.15, 0.2) is 97.6 Å². The summed E-state index contributed by atoms with van der Waals surface area (Å²) in [7, 11) is 1.41. The van der Waals surface area contributed by atoms with Gasteiger partial charge in [0.05, 0.1) is 13.2 Å². The minimum atomic E-state index is -0.677. The number of benzene rings is 2. The first-order chi connectivity index (χ1) is 15.0. The molecule has 1 heterocycles. The van der Waals surface area contributed by atoms with Crippen LogP contribution in [-0.2, 0) is 22.4 Å². The Labute approximate surface area is 185 Å². The van der Waals surface area contributed by atoms with Gasteiger partial charge >= 0.3 is 5.97 Å². The van der Waals surface area contributed by atoms with Crippen molar-refractivity contribution >= 4 is 5.97 Å². The molecule has 1 saturated heterocycles. The smallest absolute Gasteiger partial charge is 0.323 e. The van der Waals surface area contributed by atoms with Gasteiger partial charge in [-0.25, -0.2) is 0 Å². The van der Waals surface area contributed by atoms with Gasteiger partial charge in [0.2, 0.25) is 0 Å². The molecule has 0 radical (unpaired) electrons. The summed E-state index contributed by atoms with van der Waals surface area (Å²) in [5, 5.41) is 11.3. The molecule has 3 rings (SSSR count). The number of aliphatic hydroxyl groups excluding tert-OH is 1. The number of hydrogen-bond acceptors (Lipinski definition) is 4. The third-order valence-electron chi connectivity index (χ3n) is 5.89. The quantitative estimate of drug-likeness (QED) is 0.381. The van der Waals surface area contributed by atoms with E-state index in [0.29, 0.717) is 19.4 Å². The molecule has 4 atom stereocenters. The van der Waals surface area contributed by atoms with E-state index in [1.165, 1.54) is 7.11 Å². The van der Waals surface area contributed by atoms with E-state index in [1.54, 1.807) is 6.08 Å². The van der Waals surface area contributed by atoms with Gasteiger partial charge in [-0.15, -0.1) is 0 Å². The Balaban J connectivity index is 1.94. The average Bonchev–Trinajstić information content (AvgIpc) is 3.12. The van der Waals surface area contributed by atoms with Crippen LogP contribution in [0.3, 0.4) is 0 Å². The molecular weight excluding hydrogens is 386 g/mol. The Morgan fingerprint density at radius 2 is 1.71 bits per heavy atom. The monoisotopic (exact) mass is 417 g/mol. The number of esters is 1. The van der Waals surface area contributed by atoms with Crippen LogP contribution in [-0.4, -0.2) is 47.8 Å². The van der Waals surface area contributed by atoms with Gasteiger partial charge in [-0.3, -0.25) is 9.69 Å². The Morgan fingerprint density at radius 3 is 2.26 bits per heavy atom. The SMILES string of the molecule is C=C/C=C/[C@@H]1C(=C)CN([C@@H](Cc2ccccc2)C(=O)OC)[C@H]1[C@@H](O)Cc1ccccc1. The lowest BCUT2D eigenvalue weighted by molar-refractivity contribution is -0.148. The van der Waals surface area contributed by atoms with E-state index >= 15 is 0 Å². The second-order valence-corrected chi connectivity index (χ2v) is 7.95. The van der Waals surface area contributed by atoms with Crippen molar-refractivity contribution in [1.29, 1.82) is 0 Å². The standard InChI is InChI=1S/C27H31NO3/c1-4-5-16-23-20(2)19-28(26(23)25(29)18-22-14-10-7-11-15-22)24(27(30)31-3)17-21-12-8-6-9-13-21/h4-16,23-26,29H,1-2,17-19H2,3H3/b16-5+/t23-,24+,25+,26-/m1/s1. The summed E-state index contributed by atoms with van der Waals surface area (Å²) >= 11 is 0. The lowest BCUT2D eigenvalue weighted by Gasteiger charge is -2.35. The van der Waals surface area contributed by atoms with Crippen LogP contribution in [0.2, 0.25) is 0 Å². The summed E-state index contributed by atoms with van der Waals surface area (Å²) in [6.07, 6.45) is 5.94. The van der Waals surface area contributed by atoms with E-state index in [-0.39, 0.29) is 17.9 Å². The van der Waals surface area contributed by atoms with E-state index in [4.69, 9.17) is 4.74 Å². The number of methoxy groups -OCH3 is 1. The molecule has 31 heavy (non-hydrogen) atoms. The van der Waals surface area contributed by atoms with Crippen LogP contribution < -0.4 is 0 Å². The van der Waals surface area contributed by atoms with Crippen molar-refractivity contribution in [2.24, 2.45) is 5.92 Å². The molecular formula is C27H31NO3. The maximum Gasteiger partial charge on any atom is 0.323 e. The maximum atomic E-state index is 12.8. The number of hydrogen-bond donors (Lipinski definition) is 1. The highest BCUT2D eigenvalue weighted by atomic mass is 16.5. The lowest BCUT2D eigenvalue weighted by atomic mass is 9.88. The maximum absolute atomic E-state index is 12.8. The molecule has 0 saturated carbocycles. The number of aliphatic hydroxyl groups is 1. The van der Waals surface area contributed by atoms with Gasteiger partial charge in [0.15, 0.2) is 0 Å². The first kappa shape index (κ1) is 22.7. The van der Waals surface area contributed by atoms with Crippen molar-refractivity contribution in [3.05, 3.63) is 109 Å². The molecule has 162 valence electrons. The second-order valence-electron chi connectivity index (χ2n) is 7.95. The zero-order valence-electron chi connectivity index (χ0n) is 18.1. The zero-order chi connectivity index (χ0) is 22.2. The number of rotatable bonds is 9. The molecule has 2 aromatic carbocycles. The first-order valence-electron chi connectivity index (χ1n) is 10.6. The van der Waals surface area contributed by atoms with E-state index in [0.717, 1.165) is 16.7 Å². The van der Waals surface area contributed by atoms with Crippen molar-refractivity contribution in [2.45, 2.75) is 31.0 Å². The first-order valence-corrected chi connectivity index (χ1v) is 10.6. The lowest BCUT2D eigenvalue weighted by Crippen LogP contribution is -2.52. The van der Waals surface area contributed by atoms with Crippen LogP contribution in [0.25, 0.3) is 0 Å². The second kappa shape index (κ2) is 10.9. The molecule has 0 aromatic heterocycles. The summed E-state index contributed by atoms with van der Waals surface area (Å²) in [5.41, 5.74) is 3.07. The van der Waals surface area contributed by atoms with Crippen molar-refractivity contribution in [2.75, 3.05) is 13.7 Å². The summed E-state index contributed by atoms with van der Waals surface area (Å²) in [6, 6.07) is 19.0. The van der Waals surface area contributed by atoms with Gasteiger partial charge in [-0.05, 0) is 24.0 Å². The Morgan fingerprint density at radius 1 is 1.13 bits per heavy atom. The average molecular weight is 418 g/mol. The largest absolute Gasteiger partial charge is 0.468 e. The van der Waals surface area contributed by atoms with Gasteiger partial charge in [0.1, 0.15) is 6.04 Å². The van der Waals surface area contributed by atoms with Crippen molar-refractivity contribution in [3.63, 3.8) is 0 Å². The number of nitrogens with zero attached hydrogens (tertiary/aromatic N) is 1. The fraction of sp³-hybridized carbons (Fsp3) is 0.296. The molecule has 0 aliphatic carbocycles. The molecule has 0 unspecified atom stereocenters. The molecule has 0 spiro atoms. The van der Waals surface area contributed by atoms with Crippen molar-refractivity contribution in [1.82, 2.24) is 4.90 Å². The van der Waals surface area contributed by atoms with Crippen LogP contribution in [0, 0.1) is 5.92 Å². The van der Waals surface area contributed by atoms with Gasteiger partial charge in [0.25, 0.3) is 0 Å². The van der Waals surface area contributed by atoms with E-state index < -0.39 is 12.1 Å². The molecule has 2 aromatic rings. The van der Waals surface area contributed by atoms with Crippen LogP contribution in [0.1, 0.15) is 11.1 Å². The minimum absolute atomic E-state index is 0.0837. The number of carbonyl (C=O) groups is 1. The van der Waals surface area contributed by atoms with Gasteiger partial charge in [-0.2, -0.15) is 0 Å². The number of allylic oxidation sites excluding steroid dienone is 2. The molecule has 1 fully saturated rings.